The third-order valence-electron chi connectivity index (χ3n) is 3.60. The summed E-state index contributed by atoms with van der Waals surface area (Å²) in [6, 6.07) is 13.2. The Morgan fingerprint density at radius 1 is 1.29 bits per heavy atom. The van der Waals surface area contributed by atoms with Crippen LogP contribution in [0, 0.1) is 0 Å². The Morgan fingerprint density at radius 3 is 2.90 bits per heavy atom. The molecule has 0 saturated carbocycles. The van der Waals surface area contributed by atoms with Gasteiger partial charge in [-0.25, -0.2) is 0 Å². The molecule has 21 heavy (non-hydrogen) atoms. The summed E-state index contributed by atoms with van der Waals surface area (Å²) in [5, 5.41) is 0.442. The van der Waals surface area contributed by atoms with E-state index in [2.05, 4.69) is 6.07 Å². The lowest BCUT2D eigenvalue weighted by Gasteiger charge is -2.25. The minimum absolute atomic E-state index is 0.149. The summed E-state index contributed by atoms with van der Waals surface area (Å²) in [6.07, 6.45) is 0.756. The van der Waals surface area contributed by atoms with E-state index in [1.807, 2.05) is 18.2 Å². The summed E-state index contributed by atoms with van der Waals surface area (Å²) in [5.74, 6) is 0.403. The predicted octanol–water partition coefficient (Wildman–Crippen LogP) is 3.34. The summed E-state index contributed by atoms with van der Waals surface area (Å²) in [6.45, 7) is 0.661. The van der Waals surface area contributed by atoms with Crippen LogP contribution < -0.4 is 5.73 Å². The monoisotopic (exact) mass is 321 g/mol. The number of hydrogen-bond acceptors (Lipinski definition) is 3. The topological polar surface area (TPSA) is 52.3 Å². The molecule has 1 aliphatic heterocycles. The van der Waals surface area contributed by atoms with E-state index in [1.165, 1.54) is 5.56 Å². The second kappa shape index (κ2) is 6.18. The van der Waals surface area contributed by atoms with Gasteiger partial charge in [-0.1, -0.05) is 35.9 Å². The minimum Gasteiger partial charge on any atom is -0.399 e. The van der Waals surface area contributed by atoms with Crippen LogP contribution in [0.25, 0.3) is 0 Å². The second-order valence-corrected chi connectivity index (χ2v) is 6.88. The number of nitrogen functional groups attached to an aromatic ring is 1. The molecule has 1 aliphatic rings. The number of halogens is 1. The van der Waals surface area contributed by atoms with Gasteiger partial charge in [-0.05, 0) is 35.7 Å². The summed E-state index contributed by atoms with van der Waals surface area (Å²) in [7, 11) is -1.22. The van der Waals surface area contributed by atoms with Crippen molar-refractivity contribution < 1.29 is 8.95 Å². The van der Waals surface area contributed by atoms with E-state index in [9.17, 15) is 4.21 Å². The second-order valence-electron chi connectivity index (χ2n) is 5.01. The highest BCUT2D eigenvalue weighted by Crippen LogP contribution is 2.30. The first-order valence-corrected chi connectivity index (χ1v) is 8.47. The van der Waals surface area contributed by atoms with Crippen LogP contribution in [0.5, 0.6) is 0 Å². The molecule has 2 aromatic rings. The number of anilines is 1. The van der Waals surface area contributed by atoms with Gasteiger partial charge in [0.25, 0.3) is 0 Å². The smallest absolute Gasteiger partial charge is 0.0946 e. The Labute approximate surface area is 131 Å². The van der Waals surface area contributed by atoms with Crippen molar-refractivity contribution in [3.05, 3.63) is 58.6 Å². The largest absolute Gasteiger partial charge is 0.399 e. The highest BCUT2D eigenvalue weighted by Gasteiger charge is 2.23. The number of nitrogens with two attached hydrogens (primary N) is 1. The van der Waals surface area contributed by atoms with Crippen LogP contribution in [-0.2, 0) is 22.0 Å². The van der Waals surface area contributed by atoms with Gasteiger partial charge in [-0.3, -0.25) is 4.21 Å². The van der Waals surface area contributed by atoms with E-state index in [4.69, 9.17) is 22.1 Å². The molecule has 0 aromatic heterocycles. The molecule has 3 nitrogen and oxygen atoms in total. The third kappa shape index (κ3) is 3.12. The van der Waals surface area contributed by atoms with E-state index in [-0.39, 0.29) is 6.10 Å². The lowest BCUT2D eigenvalue weighted by molar-refractivity contribution is 0.0582. The number of fused-ring (bicyclic) bond motifs is 1. The van der Waals surface area contributed by atoms with Crippen molar-refractivity contribution in [2.75, 3.05) is 18.1 Å². The number of ether oxygens (including phenoxy) is 1. The first-order chi connectivity index (χ1) is 10.1. The van der Waals surface area contributed by atoms with Gasteiger partial charge in [0, 0.05) is 5.69 Å². The highest BCUT2D eigenvalue weighted by atomic mass is 35.5. The van der Waals surface area contributed by atoms with Crippen LogP contribution in [-0.4, -0.2) is 16.6 Å². The number of hydrogen-bond donors (Lipinski definition) is 1. The van der Waals surface area contributed by atoms with E-state index < -0.39 is 10.8 Å². The molecule has 0 amide bonds. The highest BCUT2D eigenvalue weighted by molar-refractivity contribution is 7.85. The van der Waals surface area contributed by atoms with E-state index in [1.54, 1.807) is 18.2 Å². The molecule has 2 atom stereocenters. The Bertz CT molecular complexity index is 690. The zero-order valence-corrected chi connectivity index (χ0v) is 13.0. The average Bonchev–Trinajstić information content (AvgIpc) is 2.47. The van der Waals surface area contributed by atoms with Gasteiger partial charge in [0.15, 0.2) is 0 Å². The van der Waals surface area contributed by atoms with E-state index in [0.717, 1.165) is 12.0 Å². The fourth-order valence-electron chi connectivity index (χ4n) is 2.54. The van der Waals surface area contributed by atoms with Crippen molar-refractivity contribution in [2.45, 2.75) is 17.4 Å². The molecule has 0 spiro atoms. The third-order valence-corrected chi connectivity index (χ3v) is 5.47. The number of rotatable bonds is 3. The Kier molecular flexibility index (Phi) is 4.29. The van der Waals surface area contributed by atoms with Gasteiger partial charge in [0.05, 0.1) is 39.2 Å². The van der Waals surface area contributed by atoms with Crippen LogP contribution >= 0.6 is 11.6 Å². The normalized spacial score (nSPS) is 19.0. The molecule has 2 aromatic carbocycles. The van der Waals surface area contributed by atoms with Crippen molar-refractivity contribution in [3.63, 3.8) is 0 Å². The molecule has 0 fully saturated rings. The molecule has 5 heteroatoms. The maximum absolute atomic E-state index is 12.6. The van der Waals surface area contributed by atoms with E-state index in [0.29, 0.717) is 28.0 Å². The molecule has 2 unspecified atom stereocenters. The zero-order chi connectivity index (χ0) is 14.8. The molecule has 0 radical (unpaired) electrons. The first-order valence-electron chi connectivity index (χ1n) is 6.78. The van der Waals surface area contributed by atoms with Crippen molar-refractivity contribution in [2.24, 2.45) is 0 Å². The Morgan fingerprint density at radius 2 is 2.10 bits per heavy atom. The van der Waals surface area contributed by atoms with Crippen LogP contribution in [0.4, 0.5) is 5.69 Å². The van der Waals surface area contributed by atoms with Crippen molar-refractivity contribution in [1.82, 2.24) is 0 Å². The first kappa shape index (κ1) is 14.6. The van der Waals surface area contributed by atoms with Crippen molar-refractivity contribution in [3.8, 4) is 0 Å². The van der Waals surface area contributed by atoms with Gasteiger partial charge in [0.2, 0.25) is 0 Å². The SMILES string of the molecule is Nc1ccc(S(=O)CC2OCCc3ccccc32)c(Cl)c1. The van der Waals surface area contributed by atoms with Crippen LogP contribution in [0.15, 0.2) is 47.4 Å². The molecular formula is C16H16ClNO2S. The summed E-state index contributed by atoms with van der Waals surface area (Å²) < 4.78 is 18.4. The van der Waals surface area contributed by atoms with Crippen LogP contribution in [0.1, 0.15) is 17.2 Å². The van der Waals surface area contributed by atoms with Gasteiger partial charge in [0.1, 0.15) is 0 Å². The van der Waals surface area contributed by atoms with Crippen molar-refractivity contribution >= 4 is 28.1 Å². The fourth-order valence-corrected chi connectivity index (χ4v) is 4.22. The summed E-state index contributed by atoms with van der Waals surface area (Å²) in [4.78, 5) is 0.609. The van der Waals surface area contributed by atoms with Gasteiger partial charge in [-0.15, -0.1) is 0 Å². The van der Waals surface area contributed by atoms with Crippen molar-refractivity contribution in [1.29, 1.82) is 0 Å². The maximum atomic E-state index is 12.6. The maximum Gasteiger partial charge on any atom is 0.0946 e. The standard InChI is InChI=1S/C16H16ClNO2S/c17-14-9-12(18)5-6-16(14)21(19)10-15-13-4-2-1-3-11(13)7-8-20-15/h1-6,9,15H,7-8,10,18H2. The van der Waals surface area contributed by atoms with Crippen LogP contribution in [0.2, 0.25) is 5.02 Å². The van der Waals surface area contributed by atoms with Gasteiger partial charge >= 0.3 is 0 Å². The van der Waals surface area contributed by atoms with E-state index >= 15 is 0 Å². The molecule has 0 aliphatic carbocycles. The minimum atomic E-state index is -1.22. The fraction of sp³-hybridized carbons (Fsp3) is 0.250. The average molecular weight is 322 g/mol. The Balaban J connectivity index is 1.83. The molecule has 3 rings (SSSR count). The number of benzene rings is 2. The lowest BCUT2D eigenvalue weighted by atomic mass is 9.99. The Hall–Kier alpha value is -1.36. The molecule has 110 valence electrons. The summed E-state index contributed by atoms with van der Waals surface area (Å²) >= 11 is 6.13. The molecule has 0 saturated heterocycles. The quantitative estimate of drug-likeness (QED) is 0.882. The molecule has 1 heterocycles. The molecule has 0 bridgehead atoms. The lowest BCUT2D eigenvalue weighted by Crippen LogP contribution is -2.21. The molecular weight excluding hydrogens is 306 g/mol. The molecule has 2 N–H and O–H groups in total. The summed E-state index contributed by atoms with van der Waals surface area (Å²) in [5.41, 5.74) is 8.64. The zero-order valence-electron chi connectivity index (χ0n) is 11.4. The van der Waals surface area contributed by atoms with Gasteiger partial charge in [-0.2, -0.15) is 0 Å². The predicted molar refractivity (Wildman–Crippen MR) is 86.0 cm³/mol. The van der Waals surface area contributed by atoms with Crippen LogP contribution in [0.3, 0.4) is 0 Å². The van der Waals surface area contributed by atoms with Gasteiger partial charge < -0.3 is 10.5 Å².